The molecule has 0 saturated carbocycles. The number of piperazine rings is 1. The molecule has 2 aliphatic rings. The van der Waals surface area contributed by atoms with Crippen molar-refractivity contribution in [1.82, 2.24) is 14.7 Å². The van der Waals surface area contributed by atoms with E-state index in [2.05, 4.69) is 4.90 Å². The van der Waals surface area contributed by atoms with Gasteiger partial charge in [-0.1, -0.05) is 12.1 Å². The van der Waals surface area contributed by atoms with Crippen LogP contribution in [0.1, 0.15) is 19.3 Å². The first-order chi connectivity index (χ1) is 13.2. The number of hydrogen-bond acceptors (Lipinski definition) is 5. The van der Waals surface area contributed by atoms with Gasteiger partial charge in [0.25, 0.3) is 0 Å². The van der Waals surface area contributed by atoms with Gasteiger partial charge in [-0.3, -0.25) is 14.5 Å². The highest BCUT2D eigenvalue weighted by atomic mass is 16.5. The molecule has 0 aliphatic carbocycles. The van der Waals surface area contributed by atoms with Crippen molar-refractivity contribution < 1.29 is 19.1 Å². The molecule has 0 unspecified atom stereocenters. The van der Waals surface area contributed by atoms with Gasteiger partial charge in [0, 0.05) is 39.3 Å². The number of para-hydroxylation sites is 2. The van der Waals surface area contributed by atoms with Gasteiger partial charge in [-0.25, -0.2) is 0 Å². The predicted octanol–water partition coefficient (Wildman–Crippen LogP) is 1.23. The fourth-order valence-electron chi connectivity index (χ4n) is 3.56. The van der Waals surface area contributed by atoms with Gasteiger partial charge in [0.15, 0.2) is 11.5 Å². The van der Waals surface area contributed by atoms with Gasteiger partial charge in [-0.15, -0.1) is 0 Å². The molecular weight excluding hydrogens is 346 g/mol. The highest BCUT2D eigenvalue weighted by Crippen LogP contribution is 2.25. The SMILES string of the molecule is COc1ccccc1OCCC(=O)N1CCN(CC(=O)N2CCCC2)CC1. The summed E-state index contributed by atoms with van der Waals surface area (Å²) in [6.07, 6.45) is 2.57. The molecular formula is C20H29N3O4. The Balaban J connectivity index is 1.36. The molecule has 2 saturated heterocycles. The summed E-state index contributed by atoms with van der Waals surface area (Å²) in [6.45, 7) is 5.41. The average molecular weight is 375 g/mol. The van der Waals surface area contributed by atoms with E-state index in [1.807, 2.05) is 34.1 Å². The minimum Gasteiger partial charge on any atom is -0.493 e. The Kier molecular flexibility index (Phi) is 6.92. The lowest BCUT2D eigenvalue weighted by Gasteiger charge is -2.35. The van der Waals surface area contributed by atoms with Crippen LogP contribution in [0.25, 0.3) is 0 Å². The molecule has 0 radical (unpaired) electrons. The molecule has 7 nitrogen and oxygen atoms in total. The molecule has 2 aliphatic heterocycles. The zero-order chi connectivity index (χ0) is 19.1. The fraction of sp³-hybridized carbons (Fsp3) is 0.600. The van der Waals surface area contributed by atoms with E-state index in [9.17, 15) is 9.59 Å². The molecule has 1 aromatic carbocycles. The Labute approximate surface area is 160 Å². The molecule has 0 atom stereocenters. The van der Waals surface area contributed by atoms with E-state index in [4.69, 9.17) is 9.47 Å². The number of methoxy groups -OCH3 is 1. The summed E-state index contributed by atoms with van der Waals surface area (Å²) in [5, 5.41) is 0. The van der Waals surface area contributed by atoms with Crippen molar-refractivity contribution in [1.29, 1.82) is 0 Å². The Bertz CT molecular complexity index is 638. The third-order valence-corrected chi connectivity index (χ3v) is 5.19. The third-order valence-electron chi connectivity index (χ3n) is 5.19. The maximum absolute atomic E-state index is 12.4. The summed E-state index contributed by atoms with van der Waals surface area (Å²) in [5.74, 6) is 1.63. The zero-order valence-electron chi connectivity index (χ0n) is 16.1. The van der Waals surface area contributed by atoms with Gasteiger partial charge in [-0.2, -0.15) is 0 Å². The second-order valence-electron chi connectivity index (χ2n) is 6.99. The summed E-state index contributed by atoms with van der Waals surface area (Å²) in [6, 6.07) is 7.42. The van der Waals surface area contributed by atoms with E-state index in [-0.39, 0.29) is 11.8 Å². The normalized spacial score (nSPS) is 17.8. The first-order valence-electron chi connectivity index (χ1n) is 9.71. The molecule has 2 fully saturated rings. The first kappa shape index (κ1) is 19.5. The van der Waals surface area contributed by atoms with Gasteiger partial charge in [0.05, 0.1) is 26.7 Å². The largest absolute Gasteiger partial charge is 0.493 e. The average Bonchev–Trinajstić information content (AvgIpc) is 3.24. The van der Waals surface area contributed by atoms with Crippen LogP contribution in [-0.2, 0) is 9.59 Å². The lowest BCUT2D eigenvalue weighted by Crippen LogP contribution is -2.51. The molecule has 7 heteroatoms. The van der Waals surface area contributed by atoms with Gasteiger partial charge >= 0.3 is 0 Å². The summed E-state index contributed by atoms with van der Waals surface area (Å²) >= 11 is 0. The molecule has 0 bridgehead atoms. The van der Waals surface area contributed by atoms with Gasteiger partial charge in [0.2, 0.25) is 11.8 Å². The van der Waals surface area contributed by atoms with Gasteiger partial charge in [-0.05, 0) is 25.0 Å². The number of hydrogen-bond donors (Lipinski definition) is 0. The predicted molar refractivity (Wildman–Crippen MR) is 102 cm³/mol. The van der Waals surface area contributed by atoms with Crippen molar-refractivity contribution in [2.75, 3.05) is 59.5 Å². The second kappa shape index (κ2) is 9.60. The quantitative estimate of drug-likeness (QED) is 0.717. The lowest BCUT2D eigenvalue weighted by atomic mass is 10.2. The van der Waals surface area contributed by atoms with Crippen molar-refractivity contribution in [3.05, 3.63) is 24.3 Å². The van der Waals surface area contributed by atoms with Crippen LogP contribution in [0.5, 0.6) is 11.5 Å². The Morgan fingerprint density at radius 2 is 1.52 bits per heavy atom. The number of ether oxygens (including phenoxy) is 2. The molecule has 2 amide bonds. The van der Waals surface area contributed by atoms with E-state index >= 15 is 0 Å². The molecule has 27 heavy (non-hydrogen) atoms. The molecule has 1 aromatic rings. The molecule has 3 rings (SSSR count). The molecule has 0 spiro atoms. The number of benzene rings is 1. The van der Waals surface area contributed by atoms with E-state index in [1.54, 1.807) is 7.11 Å². The molecule has 148 valence electrons. The van der Waals surface area contributed by atoms with Crippen molar-refractivity contribution in [3.63, 3.8) is 0 Å². The van der Waals surface area contributed by atoms with Crippen LogP contribution in [-0.4, -0.2) is 86.0 Å². The number of carbonyl (C=O) groups excluding carboxylic acids is 2. The number of amides is 2. The summed E-state index contributed by atoms with van der Waals surface area (Å²) in [5.41, 5.74) is 0. The molecule has 2 heterocycles. The van der Waals surface area contributed by atoms with Crippen molar-refractivity contribution in [2.24, 2.45) is 0 Å². The third kappa shape index (κ3) is 5.35. The van der Waals surface area contributed by atoms with Crippen LogP contribution in [0, 0.1) is 0 Å². The zero-order valence-corrected chi connectivity index (χ0v) is 16.1. The summed E-state index contributed by atoms with van der Waals surface area (Å²) < 4.78 is 10.9. The Morgan fingerprint density at radius 1 is 0.889 bits per heavy atom. The van der Waals surface area contributed by atoms with Crippen molar-refractivity contribution >= 4 is 11.8 Å². The van der Waals surface area contributed by atoms with Crippen LogP contribution < -0.4 is 9.47 Å². The highest BCUT2D eigenvalue weighted by Gasteiger charge is 2.25. The fourth-order valence-corrected chi connectivity index (χ4v) is 3.56. The standard InChI is InChI=1S/C20H29N3O4/c1-26-17-6-2-3-7-18(17)27-15-8-19(24)23-13-11-21(12-14-23)16-20(25)22-9-4-5-10-22/h2-3,6-7H,4-5,8-16H2,1H3. The smallest absolute Gasteiger partial charge is 0.236 e. The van der Waals surface area contributed by atoms with E-state index in [0.717, 1.165) is 39.0 Å². The van der Waals surface area contributed by atoms with Crippen LogP contribution in [0.4, 0.5) is 0 Å². The maximum atomic E-state index is 12.4. The number of carbonyl (C=O) groups is 2. The molecule has 0 aromatic heterocycles. The Hall–Kier alpha value is -2.28. The van der Waals surface area contributed by atoms with E-state index < -0.39 is 0 Å². The van der Waals surface area contributed by atoms with E-state index in [0.29, 0.717) is 44.2 Å². The molecule has 0 N–H and O–H groups in total. The van der Waals surface area contributed by atoms with Crippen molar-refractivity contribution in [2.45, 2.75) is 19.3 Å². The van der Waals surface area contributed by atoms with Crippen LogP contribution >= 0.6 is 0 Å². The van der Waals surface area contributed by atoms with Crippen LogP contribution in [0.3, 0.4) is 0 Å². The van der Waals surface area contributed by atoms with Crippen LogP contribution in [0.2, 0.25) is 0 Å². The topological polar surface area (TPSA) is 62.3 Å². The number of rotatable bonds is 7. The monoisotopic (exact) mass is 375 g/mol. The maximum Gasteiger partial charge on any atom is 0.236 e. The number of likely N-dealkylation sites (tertiary alicyclic amines) is 1. The minimum absolute atomic E-state index is 0.0930. The lowest BCUT2D eigenvalue weighted by molar-refractivity contribution is -0.135. The van der Waals surface area contributed by atoms with E-state index in [1.165, 1.54) is 0 Å². The highest BCUT2D eigenvalue weighted by molar-refractivity contribution is 5.79. The second-order valence-corrected chi connectivity index (χ2v) is 6.99. The summed E-state index contributed by atoms with van der Waals surface area (Å²) in [4.78, 5) is 30.6. The van der Waals surface area contributed by atoms with Gasteiger partial charge in [0.1, 0.15) is 0 Å². The van der Waals surface area contributed by atoms with Gasteiger partial charge < -0.3 is 19.3 Å². The number of nitrogens with zero attached hydrogens (tertiary/aromatic N) is 3. The Morgan fingerprint density at radius 3 is 2.19 bits per heavy atom. The first-order valence-corrected chi connectivity index (χ1v) is 9.71. The van der Waals surface area contributed by atoms with Crippen molar-refractivity contribution in [3.8, 4) is 11.5 Å². The van der Waals surface area contributed by atoms with Crippen LogP contribution in [0.15, 0.2) is 24.3 Å². The summed E-state index contributed by atoms with van der Waals surface area (Å²) in [7, 11) is 1.60. The minimum atomic E-state index is 0.0930.